The van der Waals surface area contributed by atoms with E-state index in [2.05, 4.69) is 50.9 Å². The second kappa shape index (κ2) is 10.8. The van der Waals surface area contributed by atoms with Crippen LogP contribution in [-0.4, -0.2) is 29.4 Å². The molecular formula is C35H32FN7O2. The number of aromatic nitrogens is 5. The summed E-state index contributed by atoms with van der Waals surface area (Å²) in [7, 11) is 0. The van der Waals surface area contributed by atoms with Crippen LogP contribution in [-0.2, 0) is 19.6 Å². The van der Waals surface area contributed by atoms with Gasteiger partial charge in [-0.2, -0.15) is 10.1 Å². The van der Waals surface area contributed by atoms with Crippen LogP contribution in [0, 0.1) is 11.7 Å². The van der Waals surface area contributed by atoms with E-state index in [0.29, 0.717) is 52.0 Å². The van der Waals surface area contributed by atoms with Crippen molar-refractivity contribution in [3.63, 3.8) is 0 Å². The molecule has 226 valence electrons. The van der Waals surface area contributed by atoms with Gasteiger partial charge in [-0.1, -0.05) is 42.5 Å². The van der Waals surface area contributed by atoms with Crippen LogP contribution in [0.4, 0.5) is 16.2 Å². The molecular weight excluding hydrogens is 569 g/mol. The molecule has 0 amide bonds. The van der Waals surface area contributed by atoms with E-state index in [0.717, 1.165) is 42.5 Å². The highest BCUT2D eigenvalue weighted by Gasteiger charge is 2.30. The Labute approximate surface area is 258 Å². The minimum absolute atomic E-state index is 0.0342. The molecule has 5 aromatic rings. The van der Waals surface area contributed by atoms with Crippen LogP contribution in [0.25, 0.3) is 27.7 Å². The van der Waals surface area contributed by atoms with E-state index in [-0.39, 0.29) is 24.0 Å². The fraction of sp³-hybridized carbons (Fsp3) is 0.257. The number of fused-ring (bicyclic) bond motifs is 2. The number of allylic oxidation sites excluding steroid dienone is 4. The number of anilines is 2. The summed E-state index contributed by atoms with van der Waals surface area (Å²) in [4.78, 5) is 22.8. The van der Waals surface area contributed by atoms with Gasteiger partial charge in [0.15, 0.2) is 0 Å². The summed E-state index contributed by atoms with van der Waals surface area (Å²) in [5, 5.41) is 19.4. The molecule has 2 aromatic carbocycles. The second-order valence-corrected chi connectivity index (χ2v) is 12.2. The molecule has 0 saturated heterocycles. The van der Waals surface area contributed by atoms with E-state index >= 15 is 4.39 Å². The molecule has 9 nitrogen and oxygen atoms in total. The highest BCUT2D eigenvalue weighted by atomic mass is 19.1. The quantitative estimate of drug-likeness (QED) is 0.223. The Morgan fingerprint density at radius 2 is 2.00 bits per heavy atom. The number of hydrogen-bond acceptors (Lipinski definition) is 7. The Kier molecular flexibility index (Phi) is 6.60. The first-order valence-electron chi connectivity index (χ1n) is 15.3. The lowest BCUT2D eigenvalue weighted by Crippen LogP contribution is -2.20. The fourth-order valence-corrected chi connectivity index (χ4v) is 6.71. The number of aliphatic hydroxyl groups excluding tert-OH is 1. The van der Waals surface area contributed by atoms with Crippen molar-refractivity contribution in [2.24, 2.45) is 5.92 Å². The number of benzene rings is 2. The van der Waals surface area contributed by atoms with E-state index < -0.39 is 11.4 Å². The molecule has 0 radical (unpaired) electrons. The summed E-state index contributed by atoms with van der Waals surface area (Å²) in [6, 6.07) is 10.5. The van der Waals surface area contributed by atoms with Crippen molar-refractivity contribution in [2.45, 2.75) is 50.8 Å². The summed E-state index contributed by atoms with van der Waals surface area (Å²) in [6.07, 6.45) is 17.8. The first kappa shape index (κ1) is 27.5. The predicted octanol–water partition coefficient (Wildman–Crippen LogP) is 5.58. The SMILES string of the molecule is Nc1nc2c(c(-c3cccc(-n4ccc5cc(C6CC6)cc(F)c5c4=O)c3CO)n1)CC(c1cnn(CC3C=CC=CC3)c1)N2. The summed E-state index contributed by atoms with van der Waals surface area (Å²) < 4.78 is 18.7. The Morgan fingerprint density at radius 3 is 2.80 bits per heavy atom. The average molecular weight is 602 g/mol. The average Bonchev–Trinajstić information content (AvgIpc) is 3.65. The molecule has 0 bridgehead atoms. The minimum Gasteiger partial charge on any atom is -0.392 e. The summed E-state index contributed by atoms with van der Waals surface area (Å²) in [6.45, 7) is 0.428. The molecule has 2 atom stereocenters. The standard InChI is InChI=1S/C35H32FN7O2/c36-28-14-23(21-9-10-21)13-22-11-12-43(34(45)31(22)28)30-8-4-7-25(27(30)19-44)32-26-15-29(39-33(26)41-35(37)40-32)24-16-38-42(18-24)17-20-5-2-1-3-6-20/h1-5,7-8,11-14,16,18,20-21,29,44H,6,9-10,15,17,19H2,(H3,37,39,40,41). The lowest BCUT2D eigenvalue weighted by atomic mass is 9.96. The molecule has 8 rings (SSSR count). The lowest BCUT2D eigenvalue weighted by Gasteiger charge is -2.17. The van der Waals surface area contributed by atoms with Gasteiger partial charge >= 0.3 is 0 Å². The zero-order valence-electron chi connectivity index (χ0n) is 24.5. The zero-order valence-corrected chi connectivity index (χ0v) is 24.5. The maximum Gasteiger partial charge on any atom is 0.265 e. The maximum absolute atomic E-state index is 15.3. The number of hydrogen-bond donors (Lipinski definition) is 3. The largest absolute Gasteiger partial charge is 0.392 e. The van der Waals surface area contributed by atoms with Crippen molar-refractivity contribution in [3.8, 4) is 16.9 Å². The third-order valence-corrected chi connectivity index (χ3v) is 9.14. The first-order chi connectivity index (χ1) is 22.0. The number of nitrogen functional groups attached to an aromatic ring is 1. The molecule has 3 aliphatic rings. The molecule has 3 aromatic heterocycles. The van der Waals surface area contributed by atoms with Gasteiger partial charge < -0.3 is 16.2 Å². The highest BCUT2D eigenvalue weighted by molar-refractivity contribution is 5.84. The molecule has 0 spiro atoms. The van der Waals surface area contributed by atoms with Crippen molar-refractivity contribution in [2.75, 3.05) is 11.1 Å². The molecule has 45 heavy (non-hydrogen) atoms. The lowest BCUT2D eigenvalue weighted by molar-refractivity contribution is 0.282. The van der Waals surface area contributed by atoms with E-state index in [1.807, 2.05) is 23.0 Å². The van der Waals surface area contributed by atoms with Gasteiger partial charge in [0.25, 0.3) is 5.56 Å². The maximum atomic E-state index is 15.3. The molecule has 1 saturated carbocycles. The van der Waals surface area contributed by atoms with Crippen LogP contribution >= 0.6 is 0 Å². The fourth-order valence-electron chi connectivity index (χ4n) is 6.71. The van der Waals surface area contributed by atoms with Gasteiger partial charge in [-0.05, 0) is 54.3 Å². The summed E-state index contributed by atoms with van der Waals surface area (Å²) >= 11 is 0. The predicted molar refractivity (Wildman–Crippen MR) is 172 cm³/mol. The Hall–Kier alpha value is -5.09. The number of nitrogens with one attached hydrogen (secondary N) is 1. The second-order valence-electron chi connectivity index (χ2n) is 12.2. The van der Waals surface area contributed by atoms with Crippen molar-refractivity contribution in [1.29, 1.82) is 0 Å². The van der Waals surface area contributed by atoms with Crippen molar-refractivity contribution < 1.29 is 9.50 Å². The van der Waals surface area contributed by atoms with Gasteiger partial charge in [0.1, 0.15) is 11.6 Å². The van der Waals surface area contributed by atoms with Crippen LogP contribution in [0.15, 0.2) is 84.1 Å². The van der Waals surface area contributed by atoms with Crippen molar-refractivity contribution >= 4 is 22.5 Å². The van der Waals surface area contributed by atoms with Gasteiger partial charge in [0.05, 0.1) is 35.6 Å². The van der Waals surface area contributed by atoms with E-state index in [1.165, 1.54) is 10.6 Å². The smallest absolute Gasteiger partial charge is 0.265 e. The van der Waals surface area contributed by atoms with Crippen LogP contribution in [0.5, 0.6) is 0 Å². The number of pyridine rings is 1. The molecule has 4 N–H and O–H groups in total. The summed E-state index contributed by atoms with van der Waals surface area (Å²) in [5.41, 5.74) is 10.7. The van der Waals surface area contributed by atoms with Crippen molar-refractivity contribution in [3.05, 3.63) is 118 Å². The number of nitrogens with zero attached hydrogens (tertiary/aromatic N) is 5. The normalized spacial score (nSPS) is 18.8. The van der Waals surface area contributed by atoms with Gasteiger partial charge in [-0.15, -0.1) is 0 Å². The Balaban J connectivity index is 1.15. The minimum atomic E-state index is -0.524. The molecule has 2 unspecified atom stereocenters. The number of rotatable bonds is 7. The number of nitrogens with two attached hydrogens (primary N) is 1. The number of halogens is 1. The van der Waals surface area contributed by atoms with Crippen LogP contribution in [0.1, 0.15) is 53.5 Å². The van der Waals surface area contributed by atoms with E-state index in [1.54, 1.807) is 24.4 Å². The van der Waals surface area contributed by atoms with Crippen LogP contribution < -0.4 is 16.6 Å². The highest BCUT2D eigenvalue weighted by Crippen LogP contribution is 2.42. The third kappa shape index (κ3) is 4.91. The summed E-state index contributed by atoms with van der Waals surface area (Å²) in [5.74, 6) is 0.971. The van der Waals surface area contributed by atoms with E-state index in [9.17, 15) is 9.90 Å². The number of aliphatic hydroxyl groups is 1. The molecule has 1 aliphatic heterocycles. The monoisotopic (exact) mass is 601 g/mol. The topological polar surface area (TPSA) is 124 Å². The van der Waals surface area contributed by atoms with Crippen LogP contribution in [0.3, 0.4) is 0 Å². The van der Waals surface area contributed by atoms with Crippen LogP contribution in [0.2, 0.25) is 0 Å². The molecule has 2 aliphatic carbocycles. The van der Waals surface area contributed by atoms with Gasteiger partial charge in [0, 0.05) is 53.5 Å². The third-order valence-electron chi connectivity index (χ3n) is 9.14. The van der Waals surface area contributed by atoms with Crippen molar-refractivity contribution in [1.82, 2.24) is 24.3 Å². The van der Waals surface area contributed by atoms with Gasteiger partial charge in [0.2, 0.25) is 5.95 Å². The Bertz CT molecular complexity index is 2090. The van der Waals surface area contributed by atoms with Gasteiger partial charge in [-0.25, -0.2) is 9.37 Å². The Morgan fingerprint density at radius 1 is 1.11 bits per heavy atom. The van der Waals surface area contributed by atoms with E-state index in [4.69, 9.17) is 5.73 Å². The first-order valence-corrected chi connectivity index (χ1v) is 15.3. The zero-order chi connectivity index (χ0) is 30.7. The molecule has 4 heterocycles. The molecule has 10 heteroatoms. The van der Waals surface area contributed by atoms with Gasteiger partial charge in [-0.3, -0.25) is 14.0 Å². The molecule has 1 fully saturated rings.